The van der Waals surface area contributed by atoms with Gasteiger partial charge in [-0.1, -0.05) is 24.3 Å². The van der Waals surface area contributed by atoms with Gasteiger partial charge >= 0.3 is 0 Å². The van der Waals surface area contributed by atoms with Gasteiger partial charge in [0.05, 0.1) is 6.54 Å². The Balaban J connectivity index is 1.43. The van der Waals surface area contributed by atoms with E-state index in [1.54, 1.807) is 19.3 Å². The van der Waals surface area contributed by atoms with Gasteiger partial charge in [0.25, 0.3) is 5.56 Å². The summed E-state index contributed by atoms with van der Waals surface area (Å²) in [5.41, 5.74) is 4.37. The quantitative estimate of drug-likeness (QED) is 0.531. The highest BCUT2D eigenvalue weighted by Gasteiger charge is 2.07. The van der Waals surface area contributed by atoms with Crippen LogP contribution in [0.1, 0.15) is 22.4 Å². The van der Waals surface area contributed by atoms with Crippen LogP contribution in [-0.4, -0.2) is 24.7 Å². The molecule has 29 heavy (non-hydrogen) atoms. The number of pyridine rings is 1. The Morgan fingerprint density at radius 3 is 2.69 bits per heavy atom. The molecular weight excluding hydrogens is 364 g/mol. The first kappa shape index (κ1) is 18.6. The van der Waals surface area contributed by atoms with Crippen molar-refractivity contribution in [1.82, 2.24) is 24.7 Å². The van der Waals surface area contributed by atoms with Gasteiger partial charge in [-0.2, -0.15) is 5.10 Å². The number of aromatic amines is 1. The molecule has 2 N–H and O–H groups in total. The maximum Gasteiger partial charge on any atom is 0.254 e. The Hall–Kier alpha value is -3.74. The van der Waals surface area contributed by atoms with Crippen LogP contribution in [0.2, 0.25) is 0 Å². The van der Waals surface area contributed by atoms with E-state index in [1.807, 2.05) is 42.1 Å². The van der Waals surface area contributed by atoms with E-state index >= 15 is 0 Å². The second-order valence-corrected chi connectivity index (χ2v) is 6.93. The molecule has 4 aromatic rings. The van der Waals surface area contributed by atoms with Gasteiger partial charge in [0.2, 0.25) is 0 Å². The van der Waals surface area contributed by atoms with Crippen LogP contribution < -0.4 is 10.9 Å². The fourth-order valence-electron chi connectivity index (χ4n) is 3.03. The fourth-order valence-corrected chi connectivity index (χ4v) is 3.03. The van der Waals surface area contributed by atoms with Gasteiger partial charge in [-0.3, -0.25) is 9.48 Å². The summed E-state index contributed by atoms with van der Waals surface area (Å²) >= 11 is 0. The number of hydrogen-bond acceptors (Lipinski definition) is 5. The molecule has 7 nitrogen and oxygen atoms in total. The van der Waals surface area contributed by atoms with Crippen molar-refractivity contribution >= 4 is 5.82 Å². The van der Waals surface area contributed by atoms with Gasteiger partial charge in [-0.15, -0.1) is 0 Å². The average Bonchev–Trinajstić information content (AvgIpc) is 3.24. The summed E-state index contributed by atoms with van der Waals surface area (Å²) < 4.78 is 1.90. The molecule has 146 valence electrons. The van der Waals surface area contributed by atoms with Gasteiger partial charge < -0.3 is 10.3 Å². The molecule has 0 amide bonds. The molecule has 0 aliphatic heterocycles. The van der Waals surface area contributed by atoms with Gasteiger partial charge in [0.1, 0.15) is 11.6 Å². The van der Waals surface area contributed by atoms with Crippen molar-refractivity contribution in [2.75, 3.05) is 5.32 Å². The lowest BCUT2D eigenvalue weighted by atomic mass is 10.1. The lowest BCUT2D eigenvalue weighted by Gasteiger charge is -2.09. The summed E-state index contributed by atoms with van der Waals surface area (Å²) in [4.78, 5) is 23.6. The summed E-state index contributed by atoms with van der Waals surface area (Å²) in [6, 6.07) is 14.1. The van der Waals surface area contributed by atoms with Gasteiger partial charge in [-0.25, -0.2) is 9.97 Å². The third kappa shape index (κ3) is 4.40. The van der Waals surface area contributed by atoms with E-state index in [9.17, 15) is 4.79 Å². The van der Waals surface area contributed by atoms with Gasteiger partial charge in [-0.05, 0) is 43.2 Å². The highest BCUT2D eigenvalue weighted by Crippen LogP contribution is 2.16. The first-order valence-electron chi connectivity index (χ1n) is 9.41. The molecule has 0 saturated carbocycles. The Bertz CT molecular complexity index is 1160. The number of hydrogen-bond donors (Lipinski definition) is 2. The minimum absolute atomic E-state index is 0.121. The van der Waals surface area contributed by atoms with Crippen molar-refractivity contribution in [3.05, 3.63) is 93.8 Å². The maximum atomic E-state index is 12.0. The predicted molar refractivity (Wildman–Crippen MR) is 113 cm³/mol. The third-order valence-corrected chi connectivity index (χ3v) is 4.80. The minimum Gasteiger partial charge on any atom is -0.366 e. The van der Waals surface area contributed by atoms with Crippen molar-refractivity contribution < 1.29 is 0 Å². The number of nitrogens with one attached hydrogen (secondary N) is 2. The zero-order chi connectivity index (χ0) is 20.2. The molecule has 1 aromatic carbocycles. The molecule has 0 aliphatic carbocycles. The zero-order valence-corrected chi connectivity index (χ0v) is 16.4. The minimum atomic E-state index is -0.121. The second kappa shape index (κ2) is 8.10. The van der Waals surface area contributed by atoms with Crippen molar-refractivity contribution in [2.24, 2.45) is 0 Å². The molecule has 0 spiro atoms. The van der Waals surface area contributed by atoms with E-state index in [-0.39, 0.29) is 5.56 Å². The smallest absolute Gasteiger partial charge is 0.254 e. The van der Waals surface area contributed by atoms with Crippen LogP contribution in [0.4, 0.5) is 5.82 Å². The first-order chi connectivity index (χ1) is 14.1. The molecule has 0 aliphatic rings. The summed E-state index contributed by atoms with van der Waals surface area (Å²) in [6.45, 7) is 5.01. The topological polar surface area (TPSA) is 88.5 Å². The van der Waals surface area contributed by atoms with E-state index < -0.39 is 0 Å². The van der Waals surface area contributed by atoms with Crippen LogP contribution in [0, 0.1) is 13.8 Å². The number of benzene rings is 1. The van der Waals surface area contributed by atoms with Crippen LogP contribution in [0.5, 0.6) is 0 Å². The molecule has 7 heteroatoms. The Kier molecular flexibility index (Phi) is 5.20. The summed E-state index contributed by atoms with van der Waals surface area (Å²) in [6.07, 6.45) is 5.45. The number of aryl methyl sites for hydroxylation is 1. The van der Waals surface area contributed by atoms with Gasteiger partial charge in [0.15, 0.2) is 0 Å². The predicted octanol–water partition coefficient (Wildman–Crippen LogP) is 3.31. The van der Waals surface area contributed by atoms with E-state index in [0.29, 0.717) is 17.9 Å². The van der Waals surface area contributed by atoms with Crippen LogP contribution in [-0.2, 0) is 13.1 Å². The summed E-state index contributed by atoms with van der Waals surface area (Å²) in [7, 11) is 0. The fraction of sp³-hybridized carbons (Fsp3) is 0.182. The van der Waals surface area contributed by atoms with Crippen molar-refractivity contribution in [3.63, 3.8) is 0 Å². The van der Waals surface area contributed by atoms with E-state index in [2.05, 4.69) is 43.6 Å². The number of H-pyrrole nitrogens is 1. The summed E-state index contributed by atoms with van der Waals surface area (Å²) in [5, 5.41) is 7.58. The number of nitrogens with zero attached hydrogens (tertiary/aromatic N) is 4. The molecule has 3 aromatic heterocycles. The molecule has 3 heterocycles. The molecule has 0 bridgehead atoms. The van der Waals surface area contributed by atoms with Crippen molar-refractivity contribution in [1.29, 1.82) is 0 Å². The molecule has 0 unspecified atom stereocenters. The summed E-state index contributed by atoms with van der Waals surface area (Å²) in [5.74, 6) is 1.29. The van der Waals surface area contributed by atoms with Crippen LogP contribution in [0.25, 0.3) is 11.4 Å². The lowest BCUT2D eigenvalue weighted by Crippen LogP contribution is -2.14. The standard InChI is InChI=1S/C22H22N6O/c1-15-16(2)26-21(27-22(15)29)19-7-8-20(24-13-19)23-12-17-5-3-6-18(11-17)14-28-10-4-9-25-28/h3-11,13H,12,14H2,1-2H3,(H,23,24)(H,26,27,29). The average molecular weight is 386 g/mol. The molecule has 0 radical (unpaired) electrons. The second-order valence-electron chi connectivity index (χ2n) is 6.93. The van der Waals surface area contributed by atoms with E-state index in [4.69, 9.17) is 0 Å². The molecule has 4 rings (SSSR count). The van der Waals surface area contributed by atoms with Crippen LogP contribution in [0.15, 0.2) is 65.8 Å². The van der Waals surface area contributed by atoms with Crippen LogP contribution >= 0.6 is 0 Å². The number of aromatic nitrogens is 5. The van der Waals surface area contributed by atoms with E-state index in [1.165, 1.54) is 11.1 Å². The Morgan fingerprint density at radius 2 is 1.97 bits per heavy atom. The van der Waals surface area contributed by atoms with Gasteiger partial charge in [0, 0.05) is 42.0 Å². The molecule has 0 atom stereocenters. The monoisotopic (exact) mass is 386 g/mol. The largest absolute Gasteiger partial charge is 0.366 e. The first-order valence-corrected chi connectivity index (χ1v) is 9.41. The third-order valence-electron chi connectivity index (χ3n) is 4.80. The Morgan fingerprint density at radius 1 is 1.10 bits per heavy atom. The Labute approximate surface area is 168 Å². The number of rotatable bonds is 6. The molecule has 0 fully saturated rings. The van der Waals surface area contributed by atoms with Crippen molar-refractivity contribution in [2.45, 2.75) is 26.9 Å². The maximum absolute atomic E-state index is 12.0. The zero-order valence-electron chi connectivity index (χ0n) is 16.4. The van der Waals surface area contributed by atoms with Crippen LogP contribution in [0.3, 0.4) is 0 Å². The number of anilines is 1. The van der Waals surface area contributed by atoms with Crippen molar-refractivity contribution in [3.8, 4) is 11.4 Å². The van der Waals surface area contributed by atoms with E-state index in [0.717, 1.165) is 23.6 Å². The molecular formula is C22H22N6O. The lowest BCUT2D eigenvalue weighted by molar-refractivity contribution is 0.686. The highest BCUT2D eigenvalue weighted by atomic mass is 16.1. The molecule has 0 saturated heterocycles. The normalized spacial score (nSPS) is 10.8. The highest BCUT2D eigenvalue weighted by molar-refractivity contribution is 5.56. The SMILES string of the molecule is Cc1nc(-c2ccc(NCc3cccc(Cn4cccn4)c3)nc2)[nH]c(=O)c1C.